The first-order valence-corrected chi connectivity index (χ1v) is 17.4. The van der Waals surface area contributed by atoms with Crippen molar-refractivity contribution in [1.29, 1.82) is 0 Å². The molecule has 4 fully saturated rings. The van der Waals surface area contributed by atoms with E-state index in [1.807, 2.05) is 17.0 Å². The van der Waals surface area contributed by atoms with Crippen LogP contribution in [-0.2, 0) is 22.9 Å². The first kappa shape index (κ1) is 27.3. The van der Waals surface area contributed by atoms with Crippen molar-refractivity contribution in [3.8, 4) is 17.3 Å². The summed E-state index contributed by atoms with van der Waals surface area (Å²) in [6.07, 6.45) is 5.06. The number of fused-ring (bicyclic) bond motifs is 4. The van der Waals surface area contributed by atoms with E-state index in [2.05, 4.69) is 47.3 Å². The van der Waals surface area contributed by atoms with E-state index in [1.54, 1.807) is 7.11 Å². The van der Waals surface area contributed by atoms with Crippen LogP contribution >= 0.6 is 0 Å². The number of hydrogen-bond acceptors (Lipinski definition) is 6. The first-order valence-electron chi connectivity index (χ1n) is 15.6. The van der Waals surface area contributed by atoms with Crippen molar-refractivity contribution in [1.82, 2.24) is 19.0 Å². The van der Waals surface area contributed by atoms with E-state index in [4.69, 9.17) is 15.5 Å². The molecule has 2 saturated heterocycles. The predicted octanol–water partition coefficient (Wildman–Crippen LogP) is 3.03. The number of para-hydroxylation sites is 1. The Morgan fingerprint density at radius 3 is 2.53 bits per heavy atom. The SMILES string of the molecule is B[C@]1(N)C2CCC1N(C(=O)c1cc(OC)c3c(c1)nc(-c1cc4ccccc4n1CC1CC1)n3CC1CCS(=O)(=O)C1)C2. The number of methoxy groups -OCH3 is 1. The molecular formula is C32H38BN5O4S. The van der Waals surface area contributed by atoms with Crippen LogP contribution in [0.5, 0.6) is 5.75 Å². The van der Waals surface area contributed by atoms with Crippen LogP contribution in [0.15, 0.2) is 42.5 Å². The maximum atomic E-state index is 14.0. The van der Waals surface area contributed by atoms with Gasteiger partial charge in [-0.2, -0.15) is 0 Å². The van der Waals surface area contributed by atoms with E-state index in [-0.39, 0.29) is 34.8 Å². The fourth-order valence-electron chi connectivity index (χ4n) is 8.10. The van der Waals surface area contributed by atoms with Gasteiger partial charge in [-0.1, -0.05) is 18.2 Å². The summed E-state index contributed by atoms with van der Waals surface area (Å²) in [5.74, 6) is 2.66. The number of likely N-dealkylation sites (tertiary alicyclic amines) is 1. The van der Waals surface area contributed by atoms with Gasteiger partial charge >= 0.3 is 0 Å². The van der Waals surface area contributed by atoms with Crippen molar-refractivity contribution < 1.29 is 17.9 Å². The van der Waals surface area contributed by atoms with E-state index >= 15 is 0 Å². The smallest absolute Gasteiger partial charge is 0.254 e. The van der Waals surface area contributed by atoms with Crippen LogP contribution in [0.25, 0.3) is 33.5 Å². The molecule has 0 spiro atoms. The molecule has 2 aromatic heterocycles. The lowest BCUT2D eigenvalue weighted by atomic mass is 9.71. The first-order chi connectivity index (χ1) is 20.6. The Kier molecular flexibility index (Phi) is 6.08. The highest BCUT2D eigenvalue weighted by molar-refractivity contribution is 7.91. The highest BCUT2D eigenvalue weighted by Gasteiger charge is 2.54. The van der Waals surface area contributed by atoms with Crippen LogP contribution in [0.2, 0.25) is 0 Å². The molecule has 8 rings (SSSR count). The van der Waals surface area contributed by atoms with Gasteiger partial charge in [-0.3, -0.25) is 4.79 Å². The minimum absolute atomic E-state index is 0.0178. The summed E-state index contributed by atoms with van der Waals surface area (Å²) >= 11 is 0. The number of ether oxygens (including phenoxy) is 1. The van der Waals surface area contributed by atoms with E-state index in [0.717, 1.165) is 41.8 Å². The number of carbonyl (C=O) groups is 1. The standard InChI is InChI=1S/C32H38BN5O4S/c1-42-27-14-22(31(39)37-17-23-8-9-28(37)32(23,33)34)12-24-29(27)38(16-20-10-11-43(40,41)18-20)30(35-24)26-13-21-4-2-3-5-25(21)36(26)15-19-6-7-19/h2-5,12-14,19-20,23,28H,6-11,15-18,33-34H2,1H3/t20?,23?,28?,32-/m0/s1. The molecule has 4 heterocycles. The van der Waals surface area contributed by atoms with E-state index < -0.39 is 9.84 Å². The molecule has 11 heteroatoms. The molecule has 2 saturated carbocycles. The Balaban J connectivity index is 1.29. The van der Waals surface area contributed by atoms with Crippen molar-refractivity contribution in [3.05, 3.63) is 48.0 Å². The maximum absolute atomic E-state index is 14.0. The lowest BCUT2D eigenvalue weighted by Crippen LogP contribution is -2.52. The number of carbonyl (C=O) groups excluding carboxylic acids is 1. The number of hydrogen-bond donors (Lipinski definition) is 1. The quantitative estimate of drug-likeness (QED) is 0.327. The molecule has 4 aliphatic rings. The molecule has 4 atom stereocenters. The molecule has 2 aliphatic carbocycles. The summed E-state index contributed by atoms with van der Waals surface area (Å²) in [6.45, 7) is 2.11. The van der Waals surface area contributed by atoms with Crippen LogP contribution in [0.1, 0.15) is 42.5 Å². The van der Waals surface area contributed by atoms with Crippen molar-refractivity contribution in [2.75, 3.05) is 25.2 Å². The maximum Gasteiger partial charge on any atom is 0.254 e. The molecule has 2 bridgehead atoms. The minimum Gasteiger partial charge on any atom is -0.494 e. The minimum atomic E-state index is -3.05. The molecule has 0 radical (unpaired) electrons. The Morgan fingerprint density at radius 1 is 1.07 bits per heavy atom. The molecule has 9 nitrogen and oxygen atoms in total. The van der Waals surface area contributed by atoms with Gasteiger partial charge in [-0.15, -0.1) is 0 Å². The molecule has 2 aromatic carbocycles. The number of nitrogens with two attached hydrogens (primary N) is 1. The largest absolute Gasteiger partial charge is 0.494 e. The molecular weight excluding hydrogens is 561 g/mol. The number of sulfone groups is 1. The van der Waals surface area contributed by atoms with Crippen molar-refractivity contribution in [2.24, 2.45) is 23.5 Å². The summed E-state index contributed by atoms with van der Waals surface area (Å²) in [6, 6.07) is 14.4. The fraction of sp³-hybridized carbons (Fsp3) is 0.500. The van der Waals surface area contributed by atoms with Gasteiger partial charge in [-0.25, -0.2) is 13.4 Å². The van der Waals surface area contributed by atoms with E-state index in [0.29, 0.717) is 48.2 Å². The second kappa shape index (κ2) is 9.60. The van der Waals surface area contributed by atoms with Crippen molar-refractivity contribution in [2.45, 2.75) is 56.7 Å². The topological polar surface area (TPSA) is 112 Å². The second-order valence-electron chi connectivity index (χ2n) is 13.6. The van der Waals surface area contributed by atoms with Gasteiger partial charge in [0.2, 0.25) is 0 Å². The molecule has 4 aromatic rings. The molecule has 3 unspecified atom stereocenters. The number of rotatable bonds is 7. The Morgan fingerprint density at radius 2 is 1.86 bits per heavy atom. The number of amides is 1. The molecule has 2 aliphatic heterocycles. The number of imidazole rings is 1. The number of nitrogens with zero attached hydrogens (tertiary/aromatic N) is 4. The van der Waals surface area contributed by atoms with Crippen molar-refractivity contribution in [3.63, 3.8) is 0 Å². The molecule has 1 amide bonds. The third-order valence-electron chi connectivity index (χ3n) is 10.7. The Labute approximate surface area is 252 Å². The zero-order valence-corrected chi connectivity index (χ0v) is 25.6. The van der Waals surface area contributed by atoms with Gasteiger partial charge in [0.1, 0.15) is 19.1 Å². The van der Waals surface area contributed by atoms with Gasteiger partial charge in [0.05, 0.1) is 29.8 Å². The monoisotopic (exact) mass is 599 g/mol. The van der Waals surface area contributed by atoms with Gasteiger partial charge < -0.3 is 24.5 Å². The summed E-state index contributed by atoms with van der Waals surface area (Å²) in [5.41, 5.74) is 10.5. The van der Waals surface area contributed by atoms with Gasteiger partial charge in [0.25, 0.3) is 5.91 Å². The van der Waals surface area contributed by atoms with Gasteiger partial charge in [0, 0.05) is 47.6 Å². The van der Waals surface area contributed by atoms with Crippen LogP contribution in [0.3, 0.4) is 0 Å². The predicted molar refractivity (Wildman–Crippen MR) is 170 cm³/mol. The van der Waals surface area contributed by atoms with Gasteiger partial charge in [-0.05, 0) is 74.1 Å². The number of aromatic nitrogens is 3. The lowest BCUT2D eigenvalue weighted by molar-refractivity contribution is 0.0697. The van der Waals surface area contributed by atoms with E-state index in [9.17, 15) is 13.2 Å². The molecule has 43 heavy (non-hydrogen) atoms. The Bertz CT molecular complexity index is 1890. The Hall–Kier alpha value is -3.31. The third kappa shape index (κ3) is 4.41. The summed E-state index contributed by atoms with van der Waals surface area (Å²) < 4.78 is 35.4. The zero-order valence-electron chi connectivity index (χ0n) is 24.8. The highest BCUT2D eigenvalue weighted by atomic mass is 32.2. The zero-order chi connectivity index (χ0) is 29.7. The van der Waals surface area contributed by atoms with Crippen LogP contribution in [0, 0.1) is 17.8 Å². The third-order valence-corrected chi connectivity index (χ3v) is 12.5. The number of benzene rings is 2. The highest BCUT2D eigenvalue weighted by Crippen LogP contribution is 2.44. The fourth-order valence-corrected chi connectivity index (χ4v) is 9.94. The van der Waals surface area contributed by atoms with Crippen LogP contribution in [0.4, 0.5) is 0 Å². The molecule has 2 N–H and O–H groups in total. The van der Waals surface area contributed by atoms with Crippen LogP contribution in [-0.4, -0.2) is 77.8 Å². The van der Waals surface area contributed by atoms with E-state index in [1.165, 1.54) is 18.4 Å². The van der Waals surface area contributed by atoms with Crippen molar-refractivity contribution >= 4 is 45.5 Å². The number of piperidine rings is 1. The average Bonchev–Trinajstić information content (AvgIpc) is 3.21. The molecule has 224 valence electrons. The summed E-state index contributed by atoms with van der Waals surface area (Å²) in [4.78, 5) is 21.1. The second-order valence-corrected chi connectivity index (χ2v) is 15.8. The summed E-state index contributed by atoms with van der Waals surface area (Å²) in [7, 11) is 0.644. The average molecular weight is 600 g/mol. The lowest BCUT2D eigenvalue weighted by Gasteiger charge is -2.30. The normalized spacial score (nSPS) is 28.0. The van der Waals surface area contributed by atoms with Gasteiger partial charge in [0.15, 0.2) is 15.7 Å². The van der Waals surface area contributed by atoms with Crippen LogP contribution < -0.4 is 10.5 Å². The summed E-state index contributed by atoms with van der Waals surface area (Å²) in [5, 5.41) is 1.15.